The van der Waals surface area contributed by atoms with E-state index in [2.05, 4.69) is 5.32 Å². The summed E-state index contributed by atoms with van der Waals surface area (Å²) in [6, 6.07) is 6.80. The van der Waals surface area contributed by atoms with E-state index in [1.807, 2.05) is 0 Å². The van der Waals surface area contributed by atoms with Gasteiger partial charge in [0.15, 0.2) is 0 Å². The van der Waals surface area contributed by atoms with Crippen LogP contribution in [0.2, 0.25) is 5.02 Å². The number of unbranched alkanes of at least 4 members (excludes halogenated alkanes) is 1. The van der Waals surface area contributed by atoms with Crippen LogP contribution in [0.15, 0.2) is 24.3 Å². The molecule has 0 spiro atoms. The summed E-state index contributed by atoms with van der Waals surface area (Å²) >= 11 is 5.86. The minimum absolute atomic E-state index is 0.127. The van der Waals surface area contributed by atoms with Gasteiger partial charge in [-0.1, -0.05) is 23.7 Å². The lowest BCUT2D eigenvalue weighted by Crippen LogP contribution is -2.24. The van der Waals surface area contributed by atoms with Gasteiger partial charge in [-0.15, -0.1) is 0 Å². The van der Waals surface area contributed by atoms with Gasteiger partial charge in [-0.05, 0) is 25.0 Å². The number of carboxylic acid groups (broad SMARTS) is 1. The average Bonchev–Trinajstić information content (AvgIpc) is 2.28. The van der Waals surface area contributed by atoms with Crippen molar-refractivity contribution in [3.63, 3.8) is 0 Å². The number of amides is 1. The number of benzene rings is 1. The average molecular weight is 256 g/mol. The molecule has 0 atom stereocenters. The largest absolute Gasteiger partial charge is 0.481 e. The van der Waals surface area contributed by atoms with Gasteiger partial charge in [-0.25, -0.2) is 0 Å². The Kier molecular flexibility index (Phi) is 5.49. The Balaban J connectivity index is 2.31. The molecule has 92 valence electrons. The number of nitrogens with one attached hydrogen (secondary N) is 1. The Hall–Kier alpha value is -1.55. The highest BCUT2D eigenvalue weighted by Crippen LogP contribution is 2.14. The molecule has 2 N–H and O–H groups in total. The summed E-state index contributed by atoms with van der Waals surface area (Å²) in [5.41, 5.74) is 0.437. The number of halogens is 1. The molecule has 5 heteroatoms. The van der Waals surface area contributed by atoms with Crippen LogP contribution >= 0.6 is 11.6 Å². The molecule has 1 aromatic rings. The summed E-state index contributed by atoms with van der Waals surface area (Å²) in [6.45, 7) is 0.456. The van der Waals surface area contributed by atoms with E-state index in [4.69, 9.17) is 16.7 Å². The topological polar surface area (TPSA) is 66.4 Å². The molecule has 0 aromatic heterocycles. The van der Waals surface area contributed by atoms with Gasteiger partial charge in [-0.2, -0.15) is 0 Å². The molecule has 0 aliphatic carbocycles. The fraction of sp³-hybridized carbons (Fsp3) is 0.333. The second kappa shape index (κ2) is 6.91. The zero-order valence-corrected chi connectivity index (χ0v) is 10.0. The van der Waals surface area contributed by atoms with Gasteiger partial charge >= 0.3 is 5.97 Å². The molecule has 17 heavy (non-hydrogen) atoms. The van der Waals surface area contributed by atoms with Crippen molar-refractivity contribution in [3.8, 4) is 0 Å². The van der Waals surface area contributed by atoms with E-state index in [-0.39, 0.29) is 12.3 Å². The van der Waals surface area contributed by atoms with E-state index < -0.39 is 5.97 Å². The summed E-state index contributed by atoms with van der Waals surface area (Å²) in [4.78, 5) is 21.9. The van der Waals surface area contributed by atoms with Gasteiger partial charge in [0.05, 0.1) is 10.6 Å². The van der Waals surface area contributed by atoms with Crippen molar-refractivity contribution < 1.29 is 14.7 Å². The maximum Gasteiger partial charge on any atom is 0.303 e. The van der Waals surface area contributed by atoms with Crippen LogP contribution in [0.3, 0.4) is 0 Å². The summed E-state index contributed by atoms with van der Waals surface area (Å²) in [5, 5.41) is 11.5. The van der Waals surface area contributed by atoms with Crippen LogP contribution in [-0.2, 0) is 4.79 Å². The third-order valence-electron chi connectivity index (χ3n) is 2.22. The van der Waals surface area contributed by atoms with E-state index in [1.165, 1.54) is 0 Å². The quantitative estimate of drug-likeness (QED) is 0.767. The molecule has 0 saturated heterocycles. The zero-order chi connectivity index (χ0) is 12.7. The second-order valence-electron chi connectivity index (χ2n) is 3.59. The number of carboxylic acids is 1. The van der Waals surface area contributed by atoms with Crippen LogP contribution in [0, 0.1) is 0 Å². The number of hydrogen-bond donors (Lipinski definition) is 2. The van der Waals surface area contributed by atoms with Crippen LogP contribution in [0.4, 0.5) is 0 Å². The highest BCUT2D eigenvalue weighted by molar-refractivity contribution is 6.33. The number of hydrogen-bond acceptors (Lipinski definition) is 2. The number of carbonyl (C=O) groups is 2. The van der Waals surface area contributed by atoms with E-state index in [1.54, 1.807) is 24.3 Å². The van der Waals surface area contributed by atoms with E-state index >= 15 is 0 Å². The van der Waals surface area contributed by atoms with Crippen molar-refractivity contribution in [2.45, 2.75) is 19.3 Å². The highest BCUT2D eigenvalue weighted by Gasteiger charge is 2.08. The summed E-state index contributed by atoms with van der Waals surface area (Å²) < 4.78 is 0. The molecule has 0 bridgehead atoms. The Bertz CT molecular complexity index is 406. The third-order valence-corrected chi connectivity index (χ3v) is 2.55. The zero-order valence-electron chi connectivity index (χ0n) is 9.28. The lowest BCUT2D eigenvalue weighted by Gasteiger charge is -2.05. The fourth-order valence-electron chi connectivity index (χ4n) is 1.34. The summed E-state index contributed by atoms with van der Waals surface area (Å²) in [6.07, 6.45) is 1.32. The van der Waals surface area contributed by atoms with Crippen molar-refractivity contribution in [1.82, 2.24) is 5.32 Å². The first-order valence-electron chi connectivity index (χ1n) is 5.36. The Morgan fingerprint density at radius 3 is 2.59 bits per heavy atom. The molecule has 0 unspecified atom stereocenters. The van der Waals surface area contributed by atoms with E-state index in [0.717, 1.165) is 0 Å². The van der Waals surface area contributed by atoms with Gasteiger partial charge in [0, 0.05) is 13.0 Å². The SMILES string of the molecule is O=C(O)CCCCNC(=O)c1ccccc1Cl. The maximum absolute atomic E-state index is 11.7. The summed E-state index contributed by atoms with van der Waals surface area (Å²) in [5.74, 6) is -1.05. The molecule has 0 aliphatic heterocycles. The first kappa shape index (κ1) is 13.5. The molecule has 0 aliphatic rings. The van der Waals surface area contributed by atoms with Gasteiger partial charge in [0.25, 0.3) is 5.91 Å². The molecule has 0 saturated carbocycles. The number of aliphatic carboxylic acids is 1. The molecule has 1 rings (SSSR count). The Morgan fingerprint density at radius 2 is 1.94 bits per heavy atom. The van der Waals surface area contributed by atoms with Crippen molar-refractivity contribution in [3.05, 3.63) is 34.9 Å². The Morgan fingerprint density at radius 1 is 1.24 bits per heavy atom. The van der Waals surface area contributed by atoms with Crippen molar-refractivity contribution >= 4 is 23.5 Å². The Labute approximate surface area is 105 Å². The van der Waals surface area contributed by atoms with Gasteiger partial charge < -0.3 is 10.4 Å². The van der Waals surface area contributed by atoms with Crippen LogP contribution in [0.5, 0.6) is 0 Å². The molecule has 1 aromatic carbocycles. The number of carbonyl (C=O) groups excluding carboxylic acids is 1. The molecular weight excluding hydrogens is 242 g/mol. The molecule has 0 heterocycles. The predicted octanol–water partition coefficient (Wildman–Crippen LogP) is 2.32. The van der Waals surface area contributed by atoms with Gasteiger partial charge in [0.2, 0.25) is 0 Å². The smallest absolute Gasteiger partial charge is 0.303 e. The standard InChI is InChI=1S/C12H14ClNO3/c13-10-6-2-1-5-9(10)12(17)14-8-4-3-7-11(15)16/h1-2,5-6H,3-4,7-8H2,(H,14,17)(H,15,16). The maximum atomic E-state index is 11.7. The highest BCUT2D eigenvalue weighted by atomic mass is 35.5. The monoisotopic (exact) mass is 255 g/mol. The van der Waals surface area contributed by atoms with Crippen molar-refractivity contribution in [1.29, 1.82) is 0 Å². The predicted molar refractivity (Wildman–Crippen MR) is 65.3 cm³/mol. The molecule has 0 fully saturated rings. The van der Waals surface area contributed by atoms with Gasteiger partial charge in [0.1, 0.15) is 0 Å². The molecule has 4 nitrogen and oxygen atoms in total. The minimum Gasteiger partial charge on any atom is -0.481 e. The molecule has 1 amide bonds. The van der Waals surface area contributed by atoms with Gasteiger partial charge in [-0.3, -0.25) is 9.59 Å². The van der Waals surface area contributed by atoms with Crippen LogP contribution in [0.25, 0.3) is 0 Å². The minimum atomic E-state index is -0.817. The second-order valence-corrected chi connectivity index (χ2v) is 3.99. The first-order chi connectivity index (χ1) is 8.11. The van der Waals surface area contributed by atoms with Crippen LogP contribution < -0.4 is 5.32 Å². The number of rotatable bonds is 6. The van der Waals surface area contributed by atoms with Crippen molar-refractivity contribution in [2.24, 2.45) is 0 Å². The lowest BCUT2D eigenvalue weighted by atomic mass is 10.2. The fourth-order valence-corrected chi connectivity index (χ4v) is 1.57. The van der Waals surface area contributed by atoms with Crippen LogP contribution in [-0.4, -0.2) is 23.5 Å². The third kappa shape index (κ3) is 4.87. The normalized spacial score (nSPS) is 9.94. The molecular formula is C12H14ClNO3. The van der Waals surface area contributed by atoms with Crippen molar-refractivity contribution in [2.75, 3.05) is 6.54 Å². The lowest BCUT2D eigenvalue weighted by molar-refractivity contribution is -0.137. The van der Waals surface area contributed by atoms with E-state index in [9.17, 15) is 9.59 Å². The van der Waals surface area contributed by atoms with E-state index in [0.29, 0.717) is 30.0 Å². The van der Waals surface area contributed by atoms with Crippen LogP contribution in [0.1, 0.15) is 29.6 Å². The summed E-state index contributed by atoms with van der Waals surface area (Å²) in [7, 11) is 0. The molecule has 0 radical (unpaired) electrons. The first-order valence-corrected chi connectivity index (χ1v) is 5.73.